The molecule has 0 saturated carbocycles. The molecule has 1 fully saturated rings. The zero-order valence-corrected chi connectivity index (χ0v) is 17.9. The van der Waals surface area contributed by atoms with Crippen molar-refractivity contribution < 1.29 is 14.3 Å². The SMILES string of the molecule is O=C(Nc1nc(CN2CCOCC2)cs1)c1ccc(Oc2ccc(Br)cc2)nc1. The van der Waals surface area contributed by atoms with Crippen LogP contribution in [-0.2, 0) is 11.3 Å². The van der Waals surface area contributed by atoms with Crippen molar-refractivity contribution in [2.45, 2.75) is 6.54 Å². The van der Waals surface area contributed by atoms with Crippen molar-refractivity contribution in [2.24, 2.45) is 0 Å². The Balaban J connectivity index is 1.33. The summed E-state index contributed by atoms with van der Waals surface area (Å²) in [5.74, 6) is 0.847. The fourth-order valence-electron chi connectivity index (χ4n) is 2.79. The van der Waals surface area contributed by atoms with Gasteiger partial charge in [0.1, 0.15) is 5.75 Å². The highest BCUT2D eigenvalue weighted by atomic mass is 79.9. The largest absolute Gasteiger partial charge is 0.439 e. The van der Waals surface area contributed by atoms with Gasteiger partial charge in [-0.15, -0.1) is 11.3 Å². The zero-order chi connectivity index (χ0) is 20.1. The van der Waals surface area contributed by atoms with E-state index in [9.17, 15) is 4.79 Å². The van der Waals surface area contributed by atoms with E-state index in [4.69, 9.17) is 9.47 Å². The topological polar surface area (TPSA) is 76.6 Å². The van der Waals surface area contributed by atoms with E-state index in [1.807, 2.05) is 29.6 Å². The molecule has 29 heavy (non-hydrogen) atoms. The second kappa shape index (κ2) is 9.45. The molecule has 2 aromatic heterocycles. The van der Waals surface area contributed by atoms with Gasteiger partial charge in [-0.2, -0.15) is 0 Å². The van der Waals surface area contributed by atoms with E-state index < -0.39 is 0 Å². The number of benzene rings is 1. The number of nitrogens with one attached hydrogen (secondary N) is 1. The number of hydrogen-bond acceptors (Lipinski definition) is 7. The lowest BCUT2D eigenvalue weighted by Crippen LogP contribution is -2.35. The van der Waals surface area contributed by atoms with Crippen molar-refractivity contribution in [2.75, 3.05) is 31.6 Å². The third kappa shape index (κ3) is 5.60. The van der Waals surface area contributed by atoms with E-state index in [-0.39, 0.29) is 5.91 Å². The van der Waals surface area contributed by atoms with E-state index in [1.54, 1.807) is 12.1 Å². The first-order valence-electron chi connectivity index (χ1n) is 9.11. The highest BCUT2D eigenvalue weighted by molar-refractivity contribution is 9.10. The first kappa shape index (κ1) is 20.0. The molecule has 4 rings (SSSR count). The van der Waals surface area contributed by atoms with Crippen molar-refractivity contribution >= 4 is 38.3 Å². The number of rotatable bonds is 6. The lowest BCUT2D eigenvalue weighted by Gasteiger charge is -2.25. The molecule has 0 bridgehead atoms. The number of thiazole rings is 1. The van der Waals surface area contributed by atoms with Crippen molar-refractivity contribution in [3.8, 4) is 11.6 Å². The van der Waals surface area contributed by atoms with Gasteiger partial charge in [-0.05, 0) is 30.3 Å². The van der Waals surface area contributed by atoms with Crippen LogP contribution in [0.3, 0.4) is 0 Å². The predicted octanol–water partition coefficient (Wildman–Crippen LogP) is 4.18. The average Bonchev–Trinajstić information content (AvgIpc) is 3.17. The molecule has 150 valence electrons. The minimum atomic E-state index is -0.250. The third-order valence-electron chi connectivity index (χ3n) is 4.30. The molecule has 3 aromatic rings. The number of halogens is 1. The summed E-state index contributed by atoms with van der Waals surface area (Å²) in [6, 6.07) is 10.8. The standard InChI is InChI=1S/C20H19BrN4O3S/c21-15-2-4-17(5-3-15)28-18-6-1-14(11-22-18)19(26)24-20-23-16(13-29-20)12-25-7-9-27-10-8-25/h1-6,11,13H,7-10,12H2,(H,23,24,26). The highest BCUT2D eigenvalue weighted by Crippen LogP contribution is 2.22. The first-order chi connectivity index (χ1) is 14.2. The maximum atomic E-state index is 12.5. The summed E-state index contributed by atoms with van der Waals surface area (Å²) < 4.78 is 12.0. The number of morpholine rings is 1. The van der Waals surface area contributed by atoms with Gasteiger partial charge in [0.2, 0.25) is 5.88 Å². The summed E-state index contributed by atoms with van der Waals surface area (Å²) in [7, 11) is 0. The van der Waals surface area contributed by atoms with Crippen LogP contribution in [0.1, 0.15) is 16.1 Å². The highest BCUT2D eigenvalue weighted by Gasteiger charge is 2.14. The van der Waals surface area contributed by atoms with Crippen LogP contribution < -0.4 is 10.1 Å². The van der Waals surface area contributed by atoms with Crippen molar-refractivity contribution in [3.05, 3.63) is 63.7 Å². The number of carbonyl (C=O) groups excluding carboxylic acids is 1. The van der Waals surface area contributed by atoms with E-state index >= 15 is 0 Å². The van der Waals surface area contributed by atoms with Gasteiger partial charge in [0.25, 0.3) is 5.91 Å². The summed E-state index contributed by atoms with van der Waals surface area (Å²) in [6.45, 7) is 4.07. The number of ether oxygens (including phenoxy) is 2. The van der Waals surface area contributed by atoms with Gasteiger partial charge >= 0.3 is 0 Å². The van der Waals surface area contributed by atoms with Gasteiger partial charge in [-0.1, -0.05) is 15.9 Å². The Morgan fingerprint density at radius 2 is 2.00 bits per heavy atom. The Kier molecular flexibility index (Phi) is 6.50. The Morgan fingerprint density at radius 3 is 2.72 bits per heavy atom. The van der Waals surface area contributed by atoms with Crippen LogP contribution in [0.4, 0.5) is 5.13 Å². The number of hydrogen-bond donors (Lipinski definition) is 1. The fourth-order valence-corrected chi connectivity index (χ4v) is 3.75. The fraction of sp³-hybridized carbons (Fsp3) is 0.250. The van der Waals surface area contributed by atoms with Crippen LogP contribution >= 0.6 is 27.3 Å². The van der Waals surface area contributed by atoms with Gasteiger partial charge in [-0.3, -0.25) is 15.0 Å². The zero-order valence-electron chi connectivity index (χ0n) is 15.5. The van der Waals surface area contributed by atoms with Crippen molar-refractivity contribution in [1.82, 2.24) is 14.9 Å². The molecule has 1 aliphatic rings. The first-order valence-corrected chi connectivity index (χ1v) is 10.8. The number of nitrogens with zero attached hydrogens (tertiary/aromatic N) is 3. The summed E-state index contributed by atoms with van der Waals surface area (Å²) in [5.41, 5.74) is 1.39. The molecule has 1 aromatic carbocycles. The maximum absolute atomic E-state index is 12.5. The molecule has 0 aliphatic carbocycles. The summed E-state index contributed by atoms with van der Waals surface area (Å²) in [5, 5.41) is 5.38. The number of amides is 1. The average molecular weight is 475 g/mol. The second-order valence-corrected chi connectivity index (χ2v) is 8.20. The normalized spacial score (nSPS) is 14.5. The molecule has 0 radical (unpaired) electrons. The molecule has 0 atom stereocenters. The summed E-state index contributed by atoms with van der Waals surface area (Å²) in [6.07, 6.45) is 1.49. The molecule has 3 heterocycles. The molecule has 1 saturated heterocycles. The smallest absolute Gasteiger partial charge is 0.259 e. The Morgan fingerprint density at radius 1 is 1.21 bits per heavy atom. The predicted molar refractivity (Wildman–Crippen MR) is 115 cm³/mol. The van der Waals surface area contributed by atoms with Crippen LogP contribution in [-0.4, -0.2) is 47.1 Å². The van der Waals surface area contributed by atoms with Crippen LogP contribution in [0.25, 0.3) is 0 Å². The van der Waals surface area contributed by atoms with Crippen molar-refractivity contribution in [1.29, 1.82) is 0 Å². The number of aromatic nitrogens is 2. The van der Waals surface area contributed by atoms with Crippen LogP contribution in [0.15, 0.2) is 52.4 Å². The Labute approximate surface area is 180 Å². The van der Waals surface area contributed by atoms with Crippen LogP contribution in [0, 0.1) is 0 Å². The molecule has 7 nitrogen and oxygen atoms in total. The molecule has 1 N–H and O–H groups in total. The Hall–Kier alpha value is -2.33. The minimum absolute atomic E-state index is 0.250. The Bertz CT molecular complexity index is 957. The lowest BCUT2D eigenvalue weighted by atomic mass is 10.2. The summed E-state index contributed by atoms with van der Waals surface area (Å²) >= 11 is 4.80. The third-order valence-corrected chi connectivity index (χ3v) is 5.63. The van der Waals surface area contributed by atoms with Gasteiger partial charge in [-0.25, -0.2) is 9.97 Å². The number of pyridine rings is 1. The molecule has 1 aliphatic heterocycles. The van der Waals surface area contributed by atoms with Gasteiger partial charge < -0.3 is 9.47 Å². The maximum Gasteiger partial charge on any atom is 0.259 e. The van der Waals surface area contributed by atoms with Gasteiger partial charge in [0.05, 0.1) is 24.5 Å². The summed E-state index contributed by atoms with van der Waals surface area (Å²) in [4.78, 5) is 23.5. The van der Waals surface area contributed by atoms with E-state index in [2.05, 4.69) is 36.1 Å². The molecular weight excluding hydrogens is 456 g/mol. The van der Waals surface area contributed by atoms with E-state index in [1.165, 1.54) is 17.5 Å². The minimum Gasteiger partial charge on any atom is -0.439 e. The molecule has 1 amide bonds. The van der Waals surface area contributed by atoms with E-state index in [0.717, 1.165) is 43.0 Å². The number of anilines is 1. The molecular formula is C20H19BrN4O3S. The van der Waals surface area contributed by atoms with Gasteiger partial charge in [0, 0.05) is 41.8 Å². The monoisotopic (exact) mass is 474 g/mol. The second-order valence-electron chi connectivity index (χ2n) is 6.43. The quantitative estimate of drug-likeness (QED) is 0.577. The molecule has 0 spiro atoms. The molecule has 9 heteroatoms. The van der Waals surface area contributed by atoms with Crippen LogP contribution in [0.2, 0.25) is 0 Å². The van der Waals surface area contributed by atoms with Crippen molar-refractivity contribution in [3.63, 3.8) is 0 Å². The lowest BCUT2D eigenvalue weighted by molar-refractivity contribution is 0.0337. The van der Waals surface area contributed by atoms with Gasteiger partial charge in [0.15, 0.2) is 5.13 Å². The van der Waals surface area contributed by atoms with Crippen LogP contribution in [0.5, 0.6) is 11.6 Å². The number of carbonyl (C=O) groups is 1. The molecule has 0 unspecified atom stereocenters. The van der Waals surface area contributed by atoms with E-state index in [0.29, 0.717) is 22.3 Å².